The maximum absolute atomic E-state index is 12.4. The smallest absolute Gasteiger partial charge is 0.244 e. The van der Waals surface area contributed by atoms with Crippen molar-refractivity contribution in [3.05, 3.63) is 18.0 Å². The van der Waals surface area contributed by atoms with E-state index in [0.29, 0.717) is 5.92 Å². The Kier molecular flexibility index (Phi) is 3.57. The predicted molar refractivity (Wildman–Crippen MR) is 78.2 cm³/mol. The molecular weight excluding hydrogens is 250 g/mol. The zero-order valence-corrected chi connectivity index (χ0v) is 12.7. The third kappa shape index (κ3) is 2.36. The summed E-state index contributed by atoms with van der Waals surface area (Å²) in [6.07, 6.45) is 7.21. The Labute approximate surface area is 120 Å². The Balaban J connectivity index is 1.60. The molecule has 1 heterocycles. The summed E-state index contributed by atoms with van der Waals surface area (Å²) in [6, 6.07) is 1.99. The monoisotopic (exact) mass is 275 g/mol. The molecular formula is C16H25N3O. The molecule has 3 rings (SSSR count). The number of aryl methyl sites for hydroxylation is 1. The van der Waals surface area contributed by atoms with Gasteiger partial charge in [0.2, 0.25) is 5.91 Å². The van der Waals surface area contributed by atoms with E-state index >= 15 is 0 Å². The number of aromatic nitrogens is 2. The molecule has 2 aliphatic rings. The zero-order valence-electron chi connectivity index (χ0n) is 12.7. The van der Waals surface area contributed by atoms with Gasteiger partial charge in [-0.3, -0.25) is 9.48 Å². The van der Waals surface area contributed by atoms with E-state index in [1.807, 2.05) is 19.9 Å². The normalized spacial score (nSPS) is 31.2. The highest BCUT2D eigenvalue weighted by Crippen LogP contribution is 2.49. The van der Waals surface area contributed by atoms with Crippen LogP contribution >= 0.6 is 0 Å². The number of nitrogens with one attached hydrogen (secondary N) is 1. The van der Waals surface area contributed by atoms with E-state index in [4.69, 9.17) is 0 Å². The van der Waals surface area contributed by atoms with Crippen LogP contribution in [0, 0.1) is 24.7 Å². The molecule has 0 aliphatic heterocycles. The Hall–Kier alpha value is -1.32. The molecule has 20 heavy (non-hydrogen) atoms. The summed E-state index contributed by atoms with van der Waals surface area (Å²) in [5.41, 5.74) is 1.03. The van der Waals surface area contributed by atoms with Gasteiger partial charge in [0.25, 0.3) is 0 Å². The van der Waals surface area contributed by atoms with Crippen LogP contribution in [-0.4, -0.2) is 21.7 Å². The third-order valence-electron chi connectivity index (χ3n) is 5.42. The van der Waals surface area contributed by atoms with E-state index < -0.39 is 0 Å². The number of hydrogen-bond acceptors (Lipinski definition) is 2. The van der Waals surface area contributed by atoms with Crippen molar-refractivity contribution in [1.82, 2.24) is 15.1 Å². The lowest BCUT2D eigenvalue weighted by Gasteiger charge is -2.29. The van der Waals surface area contributed by atoms with Gasteiger partial charge in [-0.05, 0) is 63.9 Å². The molecule has 0 unspecified atom stereocenters. The lowest BCUT2D eigenvalue weighted by Crippen LogP contribution is -2.43. The van der Waals surface area contributed by atoms with Crippen molar-refractivity contribution in [2.75, 3.05) is 0 Å². The number of carbonyl (C=O) groups excluding carboxylic acids is 1. The molecule has 1 aromatic rings. The predicted octanol–water partition coefficient (Wildman–Crippen LogP) is 2.69. The largest absolute Gasteiger partial charge is 0.352 e. The molecule has 110 valence electrons. The van der Waals surface area contributed by atoms with Crippen LogP contribution in [0.15, 0.2) is 12.3 Å². The first-order chi connectivity index (χ1) is 9.56. The van der Waals surface area contributed by atoms with Crippen molar-refractivity contribution in [3.8, 4) is 0 Å². The van der Waals surface area contributed by atoms with Gasteiger partial charge in [0.05, 0.1) is 0 Å². The van der Waals surface area contributed by atoms with Gasteiger partial charge >= 0.3 is 0 Å². The fourth-order valence-electron chi connectivity index (χ4n) is 4.26. The standard InChI is InChI=1S/C16H25N3O/c1-10-6-7-17-19(10)12(3)16(20)18-11(2)15-9-13-4-5-14(15)8-13/h6-7,11-15H,4-5,8-9H2,1-3H3,(H,18,20)/t11-,12-,13-,14-,15+/m1/s1. The molecule has 2 bridgehead atoms. The van der Waals surface area contributed by atoms with E-state index in [1.165, 1.54) is 25.7 Å². The summed E-state index contributed by atoms with van der Waals surface area (Å²) in [4.78, 5) is 12.4. The first kappa shape index (κ1) is 13.7. The molecule has 2 fully saturated rings. The van der Waals surface area contributed by atoms with Crippen molar-refractivity contribution in [1.29, 1.82) is 0 Å². The minimum absolute atomic E-state index is 0.0899. The Bertz CT molecular complexity index is 496. The van der Waals surface area contributed by atoms with E-state index in [2.05, 4.69) is 17.3 Å². The Morgan fingerprint density at radius 2 is 2.20 bits per heavy atom. The molecule has 2 aliphatic carbocycles. The van der Waals surface area contributed by atoms with Crippen LogP contribution in [0.3, 0.4) is 0 Å². The van der Waals surface area contributed by atoms with E-state index in [-0.39, 0.29) is 18.0 Å². The molecule has 0 spiro atoms. The molecule has 4 heteroatoms. The fraction of sp³-hybridized carbons (Fsp3) is 0.750. The summed E-state index contributed by atoms with van der Waals surface area (Å²) < 4.78 is 1.79. The SMILES string of the molecule is Cc1ccnn1[C@H](C)C(=O)N[C@H](C)[C@@H]1C[C@@H]2CC[C@@H]1C2. The van der Waals surface area contributed by atoms with Gasteiger partial charge in [0, 0.05) is 17.9 Å². The van der Waals surface area contributed by atoms with Gasteiger partial charge in [-0.25, -0.2) is 0 Å². The van der Waals surface area contributed by atoms with Gasteiger partial charge in [-0.1, -0.05) is 6.42 Å². The summed E-state index contributed by atoms with van der Waals surface area (Å²) >= 11 is 0. The second kappa shape index (κ2) is 5.23. The van der Waals surface area contributed by atoms with Gasteiger partial charge < -0.3 is 5.32 Å². The molecule has 4 nitrogen and oxygen atoms in total. The minimum atomic E-state index is -0.231. The van der Waals surface area contributed by atoms with Gasteiger partial charge in [0.15, 0.2) is 0 Å². The molecule has 0 aromatic carbocycles. The van der Waals surface area contributed by atoms with Gasteiger partial charge in [-0.15, -0.1) is 0 Å². The molecule has 0 saturated heterocycles. The Morgan fingerprint density at radius 3 is 2.75 bits per heavy atom. The number of hydrogen-bond donors (Lipinski definition) is 1. The fourth-order valence-corrected chi connectivity index (χ4v) is 4.26. The van der Waals surface area contributed by atoms with Crippen molar-refractivity contribution in [3.63, 3.8) is 0 Å². The second-order valence-electron chi connectivity index (χ2n) is 6.73. The highest BCUT2D eigenvalue weighted by Gasteiger charge is 2.42. The summed E-state index contributed by atoms with van der Waals surface area (Å²) in [5, 5.41) is 7.46. The summed E-state index contributed by atoms with van der Waals surface area (Å²) in [7, 11) is 0. The lowest BCUT2D eigenvalue weighted by molar-refractivity contribution is -0.125. The topological polar surface area (TPSA) is 46.9 Å². The van der Waals surface area contributed by atoms with Crippen molar-refractivity contribution in [2.45, 2.75) is 58.5 Å². The van der Waals surface area contributed by atoms with E-state index in [9.17, 15) is 4.79 Å². The van der Waals surface area contributed by atoms with Crippen LogP contribution < -0.4 is 5.32 Å². The maximum atomic E-state index is 12.4. The summed E-state index contributed by atoms with van der Waals surface area (Å²) in [6.45, 7) is 6.07. The Morgan fingerprint density at radius 1 is 1.40 bits per heavy atom. The molecule has 1 N–H and O–H groups in total. The summed E-state index contributed by atoms with van der Waals surface area (Å²) in [5.74, 6) is 2.54. The average molecular weight is 275 g/mol. The third-order valence-corrected chi connectivity index (χ3v) is 5.42. The lowest BCUT2D eigenvalue weighted by atomic mass is 9.84. The molecule has 1 amide bonds. The van der Waals surface area contributed by atoms with Crippen LogP contribution in [0.25, 0.3) is 0 Å². The van der Waals surface area contributed by atoms with Crippen LogP contribution in [0.5, 0.6) is 0 Å². The highest BCUT2D eigenvalue weighted by molar-refractivity contribution is 5.80. The van der Waals surface area contributed by atoms with Crippen LogP contribution in [0.1, 0.15) is 51.3 Å². The first-order valence-corrected chi connectivity index (χ1v) is 7.86. The van der Waals surface area contributed by atoms with E-state index in [0.717, 1.165) is 17.5 Å². The van der Waals surface area contributed by atoms with Crippen LogP contribution in [0.2, 0.25) is 0 Å². The number of amides is 1. The molecule has 2 saturated carbocycles. The number of nitrogens with zero attached hydrogens (tertiary/aromatic N) is 2. The molecule has 1 aromatic heterocycles. The number of fused-ring (bicyclic) bond motifs is 2. The van der Waals surface area contributed by atoms with Crippen LogP contribution in [-0.2, 0) is 4.79 Å². The van der Waals surface area contributed by atoms with Crippen LogP contribution in [0.4, 0.5) is 0 Å². The van der Waals surface area contributed by atoms with Gasteiger partial charge in [-0.2, -0.15) is 5.10 Å². The quantitative estimate of drug-likeness (QED) is 0.918. The van der Waals surface area contributed by atoms with Crippen molar-refractivity contribution in [2.24, 2.45) is 17.8 Å². The first-order valence-electron chi connectivity index (χ1n) is 7.86. The van der Waals surface area contributed by atoms with Crippen molar-refractivity contribution >= 4 is 5.91 Å². The average Bonchev–Trinajstić information content (AvgIpc) is 3.13. The van der Waals surface area contributed by atoms with Gasteiger partial charge in [0.1, 0.15) is 6.04 Å². The molecule has 5 atom stereocenters. The zero-order chi connectivity index (χ0) is 14.3. The number of rotatable bonds is 4. The second-order valence-corrected chi connectivity index (χ2v) is 6.73. The van der Waals surface area contributed by atoms with Crippen molar-refractivity contribution < 1.29 is 4.79 Å². The molecule has 0 radical (unpaired) electrons. The highest BCUT2D eigenvalue weighted by atomic mass is 16.2. The van der Waals surface area contributed by atoms with E-state index in [1.54, 1.807) is 10.9 Å². The number of carbonyl (C=O) groups is 1. The minimum Gasteiger partial charge on any atom is -0.352 e. The maximum Gasteiger partial charge on any atom is 0.244 e.